The largest absolute Gasteiger partial charge is 0.504 e. The lowest BCUT2D eigenvalue weighted by atomic mass is 9.84. The summed E-state index contributed by atoms with van der Waals surface area (Å²) < 4.78 is 58.1. The first-order valence-corrected chi connectivity index (χ1v) is 20.4. The number of hydrogen-bond acceptors (Lipinski definition) is 14. The Hall–Kier alpha value is -7.44. The number of phenolic OH excluding ortho intramolecular Hbond substituents is 6. The summed E-state index contributed by atoms with van der Waals surface area (Å²) in [6.07, 6.45) is -4.36. The molecule has 0 aliphatic carbocycles. The maximum Gasteiger partial charge on any atom is 0.416 e. The minimum atomic E-state index is -4.58. The van der Waals surface area contributed by atoms with Gasteiger partial charge in [-0.2, -0.15) is 18.3 Å². The number of ether oxygens (including phenoxy) is 3. The average Bonchev–Trinajstić information content (AvgIpc) is 3.75. The molecule has 19 heteroatoms. The molecular formula is C46H47F3N2O14. The van der Waals surface area contributed by atoms with Gasteiger partial charge in [0, 0.05) is 11.1 Å². The minimum absolute atomic E-state index is 0.00118. The summed E-state index contributed by atoms with van der Waals surface area (Å²) >= 11 is 0. The highest BCUT2D eigenvalue weighted by Crippen LogP contribution is 2.46. The number of H-pyrrole nitrogens is 1. The van der Waals surface area contributed by atoms with E-state index in [-0.39, 0.29) is 73.0 Å². The van der Waals surface area contributed by atoms with Crippen LogP contribution in [0.3, 0.4) is 0 Å². The number of aromatic carboxylic acids is 1. The molecule has 0 bridgehead atoms. The lowest BCUT2D eigenvalue weighted by molar-refractivity contribution is -0.138. The number of aromatic nitrogens is 2. The highest BCUT2D eigenvalue weighted by Gasteiger charge is 2.43. The number of phenols is 6. The van der Waals surface area contributed by atoms with Crippen molar-refractivity contribution >= 4 is 23.5 Å². The number of rotatable bonds is 20. The van der Waals surface area contributed by atoms with Gasteiger partial charge in [-0.05, 0) is 92.6 Å². The molecule has 0 spiro atoms. The number of halogens is 3. The van der Waals surface area contributed by atoms with E-state index in [4.69, 9.17) is 14.2 Å². The molecule has 1 heterocycles. The molecule has 0 aliphatic rings. The van der Waals surface area contributed by atoms with E-state index in [1.54, 1.807) is 27.7 Å². The number of esters is 1. The van der Waals surface area contributed by atoms with Crippen LogP contribution < -0.4 is 14.2 Å². The third-order valence-corrected chi connectivity index (χ3v) is 10.9. The maximum absolute atomic E-state index is 14.5. The van der Waals surface area contributed by atoms with Crippen LogP contribution >= 0.6 is 0 Å². The smallest absolute Gasteiger partial charge is 0.416 e. The zero-order valence-corrected chi connectivity index (χ0v) is 35.6. The second kappa shape index (κ2) is 19.5. The van der Waals surface area contributed by atoms with E-state index < -0.39 is 104 Å². The topological polar surface area (TPSA) is 266 Å². The highest BCUT2D eigenvalue weighted by atomic mass is 19.4. The number of aromatic hydroxyl groups is 6. The van der Waals surface area contributed by atoms with Crippen LogP contribution in [0.15, 0.2) is 66.7 Å². The molecule has 5 aromatic rings. The number of alkyl halides is 3. The molecule has 2 atom stereocenters. The van der Waals surface area contributed by atoms with Gasteiger partial charge in [0.2, 0.25) is 28.8 Å². The van der Waals surface area contributed by atoms with Gasteiger partial charge in [0.1, 0.15) is 5.69 Å². The van der Waals surface area contributed by atoms with Gasteiger partial charge in [-0.1, -0.05) is 58.7 Å². The summed E-state index contributed by atoms with van der Waals surface area (Å²) in [5.41, 5.74) is -5.75. The number of carboxylic acid groups (broad SMARTS) is 1. The first-order valence-electron chi connectivity index (χ1n) is 20.4. The van der Waals surface area contributed by atoms with Crippen molar-refractivity contribution in [2.24, 2.45) is 0 Å². The van der Waals surface area contributed by atoms with Crippen LogP contribution in [0.4, 0.5) is 13.2 Å². The number of ketones is 2. The molecule has 8 N–H and O–H groups in total. The van der Waals surface area contributed by atoms with Gasteiger partial charge < -0.3 is 50.0 Å². The van der Waals surface area contributed by atoms with Crippen molar-refractivity contribution in [2.45, 2.75) is 96.4 Å². The Labute approximate surface area is 369 Å². The minimum Gasteiger partial charge on any atom is -0.504 e. The van der Waals surface area contributed by atoms with Crippen molar-refractivity contribution in [1.29, 1.82) is 0 Å². The maximum atomic E-state index is 14.5. The summed E-state index contributed by atoms with van der Waals surface area (Å²) in [5, 5.41) is 80.2. The first-order chi connectivity index (χ1) is 30.6. The molecule has 16 nitrogen and oxygen atoms in total. The molecule has 0 amide bonds. The Balaban J connectivity index is 1.44. The van der Waals surface area contributed by atoms with E-state index in [0.29, 0.717) is 6.42 Å². The normalized spacial score (nSPS) is 13.3. The van der Waals surface area contributed by atoms with Crippen LogP contribution in [0.1, 0.15) is 125 Å². The fraction of sp³-hybridized carbons (Fsp3) is 0.326. The zero-order valence-electron chi connectivity index (χ0n) is 35.6. The van der Waals surface area contributed by atoms with Crippen molar-refractivity contribution in [3.63, 3.8) is 0 Å². The van der Waals surface area contributed by atoms with Crippen LogP contribution in [-0.2, 0) is 19.0 Å². The van der Waals surface area contributed by atoms with E-state index in [9.17, 15) is 68.1 Å². The van der Waals surface area contributed by atoms with Crippen molar-refractivity contribution in [3.05, 3.63) is 106 Å². The lowest BCUT2D eigenvalue weighted by Crippen LogP contribution is -2.45. The molecule has 0 radical (unpaired) electrons. The van der Waals surface area contributed by atoms with Crippen molar-refractivity contribution in [2.75, 3.05) is 0 Å². The Bertz CT molecular complexity index is 2610. The zero-order chi connectivity index (χ0) is 48.0. The number of aromatic amines is 1. The number of aryl methyl sites for hydroxylation is 2. The van der Waals surface area contributed by atoms with E-state index in [1.165, 1.54) is 24.3 Å². The van der Waals surface area contributed by atoms with Gasteiger partial charge in [0.25, 0.3) is 0 Å². The summed E-state index contributed by atoms with van der Waals surface area (Å²) in [5.74, 6) is -11.2. The second-order valence-corrected chi connectivity index (χ2v) is 15.2. The molecule has 4 aromatic carbocycles. The van der Waals surface area contributed by atoms with Crippen LogP contribution in [0.5, 0.6) is 51.7 Å². The highest BCUT2D eigenvalue weighted by molar-refractivity contribution is 6.05. The number of carbonyl (C=O) groups is 4. The molecule has 1 aromatic heterocycles. The van der Waals surface area contributed by atoms with Gasteiger partial charge in [0.05, 0.1) is 16.8 Å². The van der Waals surface area contributed by atoms with Gasteiger partial charge in [-0.15, -0.1) is 0 Å². The molecule has 65 heavy (non-hydrogen) atoms. The molecule has 0 saturated carbocycles. The fourth-order valence-corrected chi connectivity index (χ4v) is 7.42. The number of Topliss-reactive ketones (excluding diaryl/α,β-unsaturated/α-hetero) is 2. The SMILES string of the molecule is CCCC(CC)(Oc1cc(C(=O)O)cc(O)c1O)C(=O)c1cc(O)c(O)c(OC(CC)(CCC)C(=O)c2cc(O)c(O)c(OC(=O)c3cc(CCc4ccccc4C(F)(F)F)n[nH]3)c2)c1. The van der Waals surface area contributed by atoms with Crippen molar-refractivity contribution in [1.82, 2.24) is 10.2 Å². The molecule has 2 unspecified atom stereocenters. The predicted molar refractivity (Wildman–Crippen MR) is 224 cm³/mol. The second-order valence-electron chi connectivity index (χ2n) is 15.2. The molecule has 346 valence electrons. The number of benzene rings is 4. The molecule has 0 saturated heterocycles. The Morgan fingerprint density at radius 2 is 1.09 bits per heavy atom. The Morgan fingerprint density at radius 1 is 0.631 bits per heavy atom. The standard InChI is InChI=1S/C46H47F3N2O14/c1-5-15-44(7-3,64-35-21-26(18-32(53)38(35)56)41(59)45(8-4,16-6-2)65-36-22-27(42(60)61)19-33(54)39(36)57)40(58)25-17-31(52)37(55)34(20-25)63-43(62)30-23-28(50-51-30)14-13-24-11-9-10-12-29(24)46(47,48)49/h9-12,17-23,52-57H,5-8,13-16H2,1-4H3,(H,50,51)(H,60,61). The van der Waals surface area contributed by atoms with Gasteiger partial charge in [-0.3, -0.25) is 14.7 Å². The van der Waals surface area contributed by atoms with Gasteiger partial charge in [0.15, 0.2) is 45.7 Å². The molecule has 5 rings (SSSR count). The van der Waals surface area contributed by atoms with Gasteiger partial charge in [-0.25, -0.2) is 9.59 Å². The molecule has 0 aliphatic heterocycles. The third kappa shape index (κ3) is 10.3. The number of carboxylic acids is 1. The van der Waals surface area contributed by atoms with E-state index >= 15 is 0 Å². The number of carbonyl (C=O) groups excluding carboxylic acids is 3. The van der Waals surface area contributed by atoms with E-state index in [0.717, 1.165) is 42.5 Å². The van der Waals surface area contributed by atoms with Crippen molar-refractivity contribution < 1.29 is 82.3 Å². The predicted octanol–water partition coefficient (Wildman–Crippen LogP) is 8.79. The quantitative estimate of drug-likeness (QED) is 0.0157. The van der Waals surface area contributed by atoms with Crippen LogP contribution in [0, 0.1) is 0 Å². The van der Waals surface area contributed by atoms with Crippen LogP contribution in [0.25, 0.3) is 0 Å². The summed E-state index contributed by atoms with van der Waals surface area (Å²) in [6, 6.07) is 11.8. The summed E-state index contributed by atoms with van der Waals surface area (Å²) in [6.45, 7) is 6.55. The van der Waals surface area contributed by atoms with E-state index in [2.05, 4.69) is 10.2 Å². The molecular weight excluding hydrogens is 862 g/mol. The number of nitrogens with zero attached hydrogens (tertiary/aromatic N) is 1. The Morgan fingerprint density at radius 3 is 1.57 bits per heavy atom. The monoisotopic (exact) mass is 908 g/mol. The number of hydrogen-bond donors (Lipinski definition) is 8. The summed E-state index contributed by atoms with van der Waals surface area (Å²) in [4.78, 5) is 53.9. The first kappa shape index (κ1) is 48.6. The average molecular weight is 909 g/mol. The Kier molecular flexibility index (Phi) is 14.6. The summed E-state index contributed by atoms with van der Waals surface area (Å²) in [7, 11) is 0. The number of nitrogens with one attached hydrogen (secondary N) is 1. The van der Waals surface area contributed by atoms with Gasteiger partial charge >= 0.3 is 18.1 Å². The van der Waals surface area contributed by atoms with E-state index in [1.807, 2.05) is 0 Å². The van der Waals surface area contributed by atoms with Crippen molar-refractivity contribution in [3.8, 4) is 51.7 Å². The lowest BCUT2D eigenvalue weighted by Gasteiger charge is -2.34. The van der Waals surface area contributed by atoms with Crippen LogP contribution in [-0.4, -0.2) is 80.7 Å². The molecule has 0 fully saturated rings. The fourth-order valence-electron chi connectivity index (χ4n) is 7.42. The van der Waals surface area contributed by atoms with Crippen LogP contribution in [0.2, 0.25) is 0 Å². The third-order valence-electron chi connectivity index (χ3n) is 10.9.